The molecule has 0 amide bonds. The van der Waals surface area contributed by atoms with Gasteiger partial charge in [-0.15, -0.1) is 6.42 Å². The van der Waals surface area contributed by atoms with Gasteiger partial charge in [0.15, 0.2) is 0 Å². The molecule has 18 heavy (non-hydrogen) atoms. The zero-order valence-corrected chi connectivity index (χ0v) is 10.6. The lowest BCUT2D eigenvalue weighted by Gasteiger charge is -2.26. The van der Waals surface area contributed by atoms with Gasteiger partial charge in [0.05, 0.1) is 20.6 Å². The quantitative estimate of drug-likeness (QED) is 0.410. The Balaban J connectivity index is 4.53. The Morgan fingerprint density at radius 2 is 1.89 bits per heavy atom. The van der Waals surface area contributed by atoms with Gasteiger partial charge in [-0.2, -0.15) is 21.6 Å². The highest BCUT2D eigenvalue weighted by molar-refractivity contribution is 7.87. The third kappa shape index (κ3) is 6.46. The predicted molar refractivity (Wildman–Crippen MR) is 56.6 cm³/mol. The number of rotatable bonds is 5. The van der Waals surface area contributed by atoms with Gasteiger partial charge < -0.3 is 8.67 Å². The Hall–Kier alpha value is -1.27. The summed E-state index contributed by atoms with van der Waals surface area (Å²) in [6.07, 6.45) is -0.294. The third-order valence-corrected chi connectivity index (χ3v) is 2.99. The molecular weight excluding hydrogens is 275 g/mol. The van der Waals surface area contributed by atoms with Crippen molar-refractivity contribution in [3.63, 3.8) is 0 Å². The minimum absolute atomic E-state index is 0.0718. The van der Waals surface area contributed by atoms with Crippen molar-refractivity contribution in [2.45, 2.75) is 6.18 Å². The van der Waals surface area contributed by atoms with Crippen molar-refractivity contribution in [3.05, 3.63) is 0 Å². The first kappa shape index (κ1) is 16.7. The molecule has 0 saturated carbocycles. The zero-order chi connectivity index (χ0) is 14.6. The van der Waals surface area contributed by atoms with Crippen LogP contribution in [0.4, 0.5) is 13.2 Å². The van der Waals surface area contributed by atoms with Crippen molar-refractivity contribution in [2.24, 2.45) is 0 Å². The lowest BCUT2D eigenvalue weighted by Crippen LogP contribution is -2.44. The van der Waals surface area contributed by atoms with Crippen molar-refractivity contribution in [1.29, 1.82) is 0 Å². The molecule has 0 aliphatic rings. The van der Waals surface area contributed by atoms with Gasteiger partial charge in [-0.3, -0.25) is 0 Å². The monoisotopic (exact) mass is 288 g/mol. The molecule has 0 atom stereocenters. The van der Waals surface area contributed by atoms with Crippen LogP contribution in [0, 0.1) is 12.3 Å². The number of hydrogen-bond donors (Lipinski definition) is 0. The molecule has 5 nitrogen and oxygen atoms in total. The molecule has 0 spiro atoms. The second-order valence-corrected chi connectivity index (χ2v) is 5.84. The zero-order valence-electron chi connectivity index (χ0n) is 9.82. The fourth-order valence-electron chi connectivity index (χ4n) is 0.889. The average molecular weight is 288 g/mol. The summed E-state index contributed by atoms with van der Waals surface area (Å²) < 4.78 is 61.2. The molecule has 0 bridgehead atoms. The van der Waals surface area contributed by atoms with Crippen molar-refractivity contribution < 1.29 is 35.0 Å². The molecule has 0 aliphatic carbocycles. The van der Waals surface area contributed by atoms with Crippen molar-refractivity contribution >= 4 is 16.1 Å². The molecule has 0 aliphatic heterocycles. The van der Waals surface area contributed by atoms with E-state index in [9.17, 15) is 26.4 Å². The molecule has 0 N–H and O–H groups in total. The van der Waals surface area contributed by atoms with E-state index in [1.165, 1.54) is 0 Å². The minimum Gasteiger partial charge on any atom is -0.338 e. The van der Waals surface area contributed by atoms with Crippen LogP contribution in [0.15, 0.2) is 0 Å². The van der Waals surface area contributed by atoms with E-state index in [4.69, 9.17) is 6.42 Å². The fourth-order valence-corrected chi connectivity index (χ4v) is 2.02. The normalized spacial score (nSPS) is 12.9. The molecule has 0 radical (unpaired) electrons. The van der Waals surface area contributed by atoms with Gasteiger partial charge in [0.25, 0.3) is 0 Å². The van der Waals surface area contributed by atoms with Crippen LogP contribution in [0.2, 0.25) is 0 Å². The van der Waals surface area contributed by atoms with E-state index in [2.05, 4.69) is 10.1 Å². The summed E-state index contributed by atoms with van der Waals surface area (Å²) in [6, 6.07) is 0. The number of terminal acetylenes is 1. The summed E-state index contributed by atoms with van der Waals surface area (Å²) in [5.74, 6) is -1.18. The highest BCUT2D eigenvalue weighted by Crippen LogP contribution is 2.18. The second-order valence-electron chi connectivity index (χ2n) is 4.15. The standard InChI is InChI=1S/C9H13F3NO4S/c1-4-5-13(2,3)6-7-18(15,16)17-8(14)9(10,11)12/h1H,5-7H2,2-3H3/q+1. The lowest BCUT2D eigenvalue weighted by molar-refractivity contribution is -0.880. The van der Waals surface area contributed by atoms with E-state index >= 15 is 0 Å². The summed E-state index contributed by atoms with van der Waals surface area (Å²) in [7, 11) is -1.37. The van der Waals surface area contributed by atoms with Crippen LogP contribution < -0.4 is 0 Å². The SMILES string of the molecule is C#CC[N+](C)(C)CCS(=O)(=O)OC(=O)C(F)(F)F. The molecule has 0 fully saturated rings. The average Bonchev–Trinajstić information content (AvgIpc) is 2.13. The van der Waals surface area contributed by atoms with Crippen LogP contribution in [0.1, 0.15) is 0 Å². The highest BCUT2D eigenvalue weighted by Gasteiger charge is 2.44. The summed E-state index contributed by atoms with van der Waals surface area (Å²) >= 11 is 0. The smallest absolute Gasteiger partial charge is 0.338 e. The summed E-state index contributed by atoms with van der Waals surface area (Å²) in [6.45, 7) is 0.125. The van der Waals surface area contributed by atoms with E-state index < -0.39 is 28.0 Å². The van der Waals surface area contributed by atoms with Gasteiger partial charge in [0.1, 0.15) is 12.3 Å². The largest absolute Gasteiger partial charge is 0.492 e. The fraction of sp³-hybridized carbons (Fsp3) is 0.667. The molecule has 0 aromatic rings. The molecule has 9 heteroatoms. The molecular formula is C9H13F3NO4S+. The van der Waals surface area contributed by atoms with Crippen LogP contribution >= 0.6 is 0 Å². The topological polar surface area (TPSA) is 60.4 Å². The first-order chi connectivity index (χ1) is 7.90. The van der Waals surface area contributed by atoms with Gasteiger partial charge in [0.2, 0.25) is 0 Å². The van der Waals surface area contributed by atoms with Crippen LogP contribution in [0.5, 0.6) is 0 Å². The van der Waals surface area contributed by atoms with Crippen LogP contribution in [-0.4, -0.2) is 58.0 Å². The van der Waals surface area contributed by atoms with Gasteiger partial charge >= 0.3 is 22.3 Å². The molecule has 0 heterocycles. The summed E-state index contributed by atoms with van der Waals surface area (Å²) in [4.78, 5) is 10.4. The first-order valence-electron chi connectivity index (χ1n) is 4.68. The third-order valence-electron chi connectivity index (χ3n) is 1.90. The van der Waals surface area contributed by atoms with Crippen LogP contribution in [0.25, 0.3) is 0 Å². The van der Waals surface area contributed by atoms with Crippen LogP contribution in [0.3, 0.4) is 0 Å². The van der Waals surface area contributed by atoms with E-state index in [-0.39, 0.29) is 17.6 Å². The highest BCUT2D eigenvalue weighted by atomic mass is 32.2. The number of hydrogen-bond acceptors (Lipinski definition) is 4. The molecule has 0 saturated heterocycles. The lowest BCUT2D eigenvalue weighted by atomic mass is 10.4. The number of carbonyl (C=O) groups excluding carboxylic acids is 1. The van der Waals surface area contributed by atoms with Gasteiger partial charge in [-0.25, -0.2) is 4.79 Å². The number of carbonyl (C=O) groups is 1. The summed E-state index contributed by atoms with van der Waals surface area (Å²) in [5, 5.41) is 0. The van der Waals surface area contributed by atoms with Crippen molar-refractivity contribution in [2.75, 3.05) is 32.9 Å². The Kier molecular flexibility index (Phi) is 5.19. The molecule has 0 unspecified atom stereocenters. The van der Waals surface area contributed by atoms with E-state index in [1.54, 1.807) is 14.1 Å². The van der Waals surface area contributed by atoms with Gasteiger partial charge in [0, 0.05) is 0 Å². The Morgan fingerprint density at radius 1 is 1.39 bits per heavy atom. The molecule has 0 rings (SSSR count). The maximum absolute atomic E-state index is 11.8. The second kappa shape index (κ2) is 5.58. The number of alkyl halides is 3. The van der Waals surface area contributed by atoms with E-state index in [0.29, 0.717) is 0 Å². The maximum Gasteiger partial charge on any atom is 0.492 e. The van der Waals surface area contributed by atoms with E-state index in [0.717, 1.165) is 0 Å². The maximum atomic E-state index is 11.8. The summed E-state index contributed by atoms with van der Waals surface area (Å²) in [5.41, 5.74) is 0. The predicted octanol–water partition coefficient (Wildman–Crippen LogP) is 0.131. The Labute approximate surface area is 103 Å². The number of quaternary nitrogens is 1. The first-order valence-corrected chi connectivity index (χ1v) is 6.26. The minimum atomic E-state index is -5.34. The van der Waals surface area contributed by atoms with E-state index in [1.807, 2.05) is 0 Å². The van der Waals surface area contributed by atoms with Gasteiger partial charge in [-0.05, 0) is 5.92 Å². The molecule has 104 valence electrons. The van der Waals surface area contributed by atoms with Gasteiger partial charge in [-0.1, -0.05) is 0 Å². The number of halogens is 3. The van der Waals surface area contributed by atoms with Crippen LogP contribution in [-0.2, 0) is 19.1 Å². The Bertz CT molecular complexity index is 447. The Morgan fingerprint density at radius 3 is 2.28 bits per heavy atom. The molecule has 0 aromatic carbocycles. The van der Waals surface area contributed by atoms with Crippen molar-refractivity contribution in [3.8, 4) is 12.3 Å². The molecule has 0 aromatic heterocycles. The number of nitrogens with zero attached hydrogens (tertiary/aromatic N) is 1. The van der Waals surface area contributed by atoms with Crippen molar-refractivity contribution in [1.82, 2.24) is 0 Å².